The lowest BCUT2D eigenvalue weighted by molar-refractivity contribution is -0.132. The molecule has 0 aliphatic carbocycles. The number of fused-ring (bicyclic) bond motifs is 1. The quantitative estimate of drug-likeness (QED) is 0.806. The summed E-state index contributed by atoms with van der Waals surface area (Å²) >= 11 is 0. The van der Waals surface area contributed by atoms with E-state index in [1.54, 1.807) is 6.92 Å². The van der Waals surface area contributed by atoms with Gasteiger partial charge in [0.1, 0.15) is 6.10 Å². The van der Waals surface area contributed by atoms with Gasteiger partial charge in [-0.3, -0.25) is 9.59 Å². The Morgan fingerprint density at radius 1 is 1.25 bits per heavy atom. The molecule has 1 aromatic carbocycles. The second kappa shape index (κ2) is 8.29. The summed E-state index contributed by atoms with van der Waals surface area (Å²) in [6, 6.07) is 5.81. The van der Waals surface area contributed by atoms with E-state index in [-0.39, 0.29) is 17.9 Å². The van der Waals surface area contributed by atoms with Crippen LogP contribution >= 0.6 is 0 Å². The predicted octanol–water partition coefficient (Wildman–Crippen LogP) is 3.20. The Hall–Kier alpha value is -1.88. The van der Waals surface area contributed by atoms with E-state index in [9.17, 15) is 9.59 Å². The number of ether oxygens (including phenoxy) is 1. The molecule has 2 rings (SSSR count). The molecular weight excluding hydrogens is 304 g/mol. The Morgan fingerprint density at radius 3 is 2.71 bits per heavy atom. The molecule has 0 spiro atoms. The SMILES string of the molecule is CC(C)CCO[C@@H](C)C(=O)N[C@H](C)c1ccc2c(c1)CCC(=O)N2. The van der Waals surface area contributed by atoms with Crippen molar-refractivity contribution in [3.63, 3.8) is 0 Å². The van der Waals surface area contributed by atoms with Gasteiger partial charge in [0.05, 0.1) is 6.04 Å². The number of hydrogen-bond donors (Lipinski definition) is 2. The van der Waals surface area contributed by atoms with E-state index in [2.05, 4.69) is 30.5 Å². The highest BCUT2D eigenvalue weighted by Crippen LogP contribution is 2.26. The summed E-state index contributed by atoms with van der Waals surface area (Å²) in [7, 11) is 0. The first kappa shape index (κ1) is 18.5. The van der Waals surface area contributed by atoms with Gasteiger partial charge in [-0.05, 0) is 49.8 Å². The van der Waals surface area contributed by atoms with E-state index in [0.717, 1.165) is 29.7 Å². The normalized spacial score (nSPS) is 16.3. The summed E-state index contributed by atoms with van der Waals surface area (Å²) < 4.78 is 5.59. The van der Waals surface area contributed by atoms with E-state index in [1.165, 1.54) is 0 Å². The maximum Gasteiger partial charge on any atom is 0.249 e. The van der Waals surface area contributed by atoms with Crippen molar-refractivity contribution in [2.75, 3.05) is 11.9 Å². The van der Waals surface area contributed by atoms with Crippen LogP contribution in [0.2, 0.25) is 0 Å². The van der Waals surface area contributed by atoms with Crippen LogP contribution in [0.15, 0.2) is 18.2 Å². The minimum atomic E-state index is -0.455. The summed E-state index contributed by atoms with van der Waals surface area (Å²) in [5.41, 5.74) is 3.03. The lowest BCUT2D eigenvalue weighted by atomic mass is 9.97. The van der Waals surface area contributed by atoms with Gasteiger partial charge in [0.25, 0.3) is 0 Å². The summed E-state index contributed by atoms with van der Waals surface area (Å²) in [6.45, 7) is 8.61. The van der Waals surface area contributed by atoms with Crippen molar-refractivity contribution in [2.24, 2.45) is 5.92 Å². The van der Waals surface area contributed by atoms with Gasteiger partial charge in [0.2, 0.25) is 11.8 Å². The number of aryl methyl sites for hydroxylation is 1. The number of nitrogens with one attached hydrogen (secondary N) is 2. The first-order chi connectivity index (χ1) is 11.4. The van der Waals surface area contributed by atoms with Crippen molar-refractivity contribution in [1.82, 2.24) is 5.32 Å². The Balaban J connectivity index is 1.91. The van der Waals surface area contributed by atoms with E-state index >= 15 is 0 Å². The fourth-order valence-electron chi connectivity index (χ4n) is 2.64. The van der Waals surface area contributed by atoms with Gasteiger partial charge in [-0.15, -0.1) is 0 Å². The van der Waals surface area contributed by atoms with Gasteiger partial charge in [0, 0.05) is 18.7 Å². The minimum absolute atomic E-state index is 0.0592. The first-order valence-electron chi connectivity index (χ1n) is 8.71. The molecule has 1 aromatic rings. The predicted molar refractivity (Wildman–Crippen MR) is 94.8 cm³/mol. The molecule has 0 bridgehead atoms. The molecule has 2 atom stereocenters. The minimum Gasteiger partial charge on any atom is -0.369 e. The van der Waals surface area contributed by atoms with Gasteiger partial charge >= 0.3 is 0 Å². The van der Waals surface area contributed by atoms with Gasteiger partial charge < -0.3 is 15.4 Å². The van der Waals surface area contributed by atoms with Gasteiger partial charge in [-0.2, -0.15) is 0 Å². The summed E-state index contributed by atoms with van der Waals surface area (Å²) in [4.78, 5) is 23.7. The molecule has 0 saturated carbocycles. The Labute approximate surface area is 144 Å². The van der Waals surface area contributed by atoms with Crippen molar-refractivity contribution in [2.45, 2.75) is 59.1 Å². The zero-order valence-corrected chi connectivity index (χ0v) is 15.0. The van der Waals surface area contributed by atoms with Crippen molar-refractivity contribution >= 4 is 17.5 Å². The fourth-order valence-corrected chi connectivity index (χ4v) is 2.64. The number of hydrogen-bond acceptors (Lipinski definition) is 3. The van der Waals surface area contributed by atoms with E-state index < -0.39 is 6.10 Å². The molecule has 1 aliphatic rings. The molecule has 1 aliphatic heterocycles. The lowest BCUT2D eigenvalue weighted by Crippen LogP contribution is -2.36. The third kappa shape index (κ3) is 5.06. The van der Waals surface area contributed by atoms with Gasteiger partial charge in [-0.25, -0.2) is 0 Å². The second-order valence-electron chi connectivity index (χ2n) is 6.89. The summed E-state index contributed by atoms with van der Waals surface area (Å²) in [5.74, 6) is 0.524. The first-order valence-corrected chi connectivity index (χ1v) is 8.71. The van der Waals surface area contributed by atoms with Crippen molar-refractivity contribution in [3.05, 3.63) is 29.3 Å². The Bertz CT molecular complexity index is 598. The largest absolute Gasteiger partial charge is 0.369 e. The third-order valence-electron chi connectivity index (χ3n) is 4.32. The molecule has 5 nitrogen and oxygen atoms in total. The van der Waals surface area contributed by atoms with Crippen LogP contribution in [-0.4, -0.2) is 24.5 Å². The molecule has 24 heavy (non-hydrogen) atoms. The molecule has 132 valence electrons. The molecule has 0 fully saturated rings. The maximum absolute atomic E-state index is 12.2. The topological polar surface area (TPSA) is 67.4 Å². The lowest BCUT2D eigenvalue weighted by Gasteiger charge is -2.22. The number of anilines is 1. The highest BCUT2D eigenvalue weighted by molar-refractivity contribution is 5.93. The zero-order valence-electron chi connectivity index (χ0n) is 15.0. The fraction of sp³-hybridized carbons (Fsp3) is 0.579. The van der Waals surface area contributed by atoms with E-state index in [4.69, 9.17) is 4.74 Å². The third-order valence-corrected chi connectivity index (χ3v) is 4.32. The van der Waals surface area contributed by atoms with E-state index in [0.29, 0.717) is 18.9 Å². The number of rotatable bonds is 7. The van der Waals surface area contributed by atoms with Crippen LogP contribution in [0, 0.1) is 5.92 Å². The average Bonchev–Trinajstić information content (AvgIpc) is 2.53. The van der Waals surface area contributed by atoms with Crippen LogP contribution in [0.25, 0.3) is 0 Å². The highest BCUT2D eigenvalue weighted by atomic mass is 16.5. The van der Waals surface area contributed by atoms with E-state index in [1.807, 2.05) is 19.1 Å². The molecule has 0 saturated heterocycles. The molecule has 0 unspecified atom stereocenters. The number of benzene rings is 1. The standard InChI is InChI=1S/C19H28N2O3/c1-12(2)9-10-24-14(4)19(23)20-13(3)15-5-7-17-16(11-15)6-8-18(22)21-17/h5,7,11-14H,6,8-10H2,1-4H3,(H,20,23)(H,21,22)/t13-,14+/m1/s1. The van der Waals surface area contributed by atoms with Crippen LogP contribution in [0.1, 0.15) is 57.7 Å². The molecule has 0 radical (unpaired) electrons. The summed E-state index contributed by atoms with van der Waals surface area (Å²) in [6.07, 6.45) is 1.74. The maximum atomic E-state index is 12.2. The second-order valence-corrected chi connectivity index (χ2v) is 6.89. The molecule has 5 heteroatoms. The van der Waals surface area contributed by atoms with Gasteiger partial charge in [0.15, 0.2) is 0 Å². The average molecular weight is 332 g/mol. The zero-order chi connectivity index (χ0) is 17.7. The van der Waals surface area contributed by atoms with Gasteiger partial charge in [-0.1, -0.05) is 26.0 Å². The van der Waals surface area contributed by atoms with Crippen molar-refractivity contribution in [3.8, 4) is 0 Å². The van der Waals surface area contributed by atoms with Crippen LogP contribution in [-0.2, 0) is 20.7 Å². The smallest absolute Gasteiger partial charge is 0.249 e. The number of carbonyl (C=O) groups is 2. The highest BCUT2D eigenvalue weighted by Gasteiger charge is 2.19. The molecule has 1 heterocycles. The monoisotopic (exact) mass is 332 g/mol. The molecule has 2 amide bonds. The van der Waals surface area contributed by atoms with Crippen molar-refractivity contribution in [1.29, 1.82) is 0 Å². The van der Waals surface area contributed by atoms with Crippen LogP contribution < -0.4 is 10.6 Å². The van der Waals surface area contributed by atoms with Crippen LogP contribution in [0.4, 0.5) is 5.69 Å². The Morgan fingerprint density at radius 2 is 2.00 bits per heavy atom. The molecular formula is C19H28N2O3. The summed E-state index contributed by atoms with van der Waals surface area (Å²) in [5, 5.41) is 5.87. The Kier molecular flexibility index (Phi) is 6.37. The molecule has 0 aromatic heterocycles. The number of amides is 2. The van der Waals surface area contributed by atoms with Crippen LogP contribution in [0.5, 0.6) is 0 Å². The van der Waals surface area contributed by atoms with Crippen molar-refractivity contribution < 1.29 is 14.3 Å². The molecule has 2 N–H and O–H groups in total. The van der Waals surface area contributed by atoms with Crippen LogP contribution in [0.3, 0.4) is 0 Å². The number of carbonyl (C=O) groups excluding carboxylic acids is 2.